The monoisotopic (exact) mass is 269 g/mol. The Balaban J connectivity index is 1.89. The minimum absolute atomic E-state index is 0.00488. The van der Waals surface area contributed by atoms with Crippen molar-refractivity contribution in [1.29, 1.82) is 0 Å². The summed E-state index contributed by atoms with van der Waals surface area (Å²) in [5.74, 6) is 0.969. The average Bonchev–Trinajstić information content (AvgIpc) is 2.40. The Morgan fingerprint density at radius 1 is 1.61 bits per heavy atom. The molecule has 0 saturated carbocycles. The van der Waals surface area contributed by atoms with Gasteiger partial charge in [0.25, 0.3) is 0 Å². The van der Waals surface area contributed by atoms with E-state index in [1.165, 1.54) is 0 Å². The molecule has 0 aliphatic carbocycles. The number of halogens is 1. The van der Waals surface area contributed by atoms with Gasteiger partial charge in [0.2, 0.25) is 11.8 Å². The first-order valence-corrected chi connectivity index (χ1v) is 6.61. The summed E-state index contributed by atoms with van der Waals surface area (Å²) >= 11 is 5.58. The summed E-state index contributed by atoms with van der Waals surface area (Å²) in [4.78, 5) is 13.6. The highest BCUT2D eigenvalue weighted by molar-refractivity contribution is 6.18. The molecule has 1 aliphatic heterocycles. The van der Waals surface area contributed by atoms with Crippen LogP contribution in [0.25, 0.3) is 0 Å². The van der Waals surface area contributed by atoms with E-state index in [1.54, 1.807) is 18.3 Å². The van der Waals surface area contributed by atoms with Gasteiger partial charge in [-0.25, -0.2) is 0 Å². The molecule has 5 nitrogen and oxygen atoms in total. The Hall–Kier alpha value is -1.36. The number of hydrogen-bond acceptors (Lipinski definition) is 4. The van der Waals surface area contributed by atoms with Crippen molar-refractivity contribution in [2.24, 2.45) is 0 Å². The maximum atomic E-state index is 11.8. The first-order valence-electron chi connectivity index (χ1n) is 6.07. The molecule has 1 aromatic heterocycles. The molecular weight excluding hydrogens is 254 g/mol. The zero-order valence-corrected chi connectivity index (χ0v) is 10.8. The largest absolute Gasteiger partial charge is 0.471 e. The summed E-state index contributed by atoms with van der Waals surface area (Å²) in [7, 11) is 0. The molecule has 1 atom stereocenters. The van der Waals surface area contributed by atoms with Gasteiger partial charge >= 0.3 is 0 Å². The van der Waals surface area contributed by atoms with Crippen LogP contribution >= 0.6 is 11.6 Å². The molecule has 0 aromatic carbocycles. The summed E-state index contributed by atoms with van der Waals surface area (Å²) < 4.78 is 5.71. The number of amides is 1. The smallest absolute Gasteiger partial charge is 0.233 e. The Kier molecular flexibility index (Phi) is 4.75. The van der Waals surface area contributed by atoms with Gasteiger partial charge in [0, 0.05) is 31.1 Å². The van der Waals surface area contributed by atoms with Crippen molar-refractivity contribution in [3.8, 4) is 5.88 Å². The van der Waals surface area contributed by atoms with Crippen molar-refractivity contribution < 1.29 is 9.53 Å². The second-order valence-electron chi connectivity index (χ2n) is 4.22. The van der Waals surface area contributed by atoms with Gasteiger partial charge in [-0.2, -0.15) is 5.10 Å². The lowest BCUT2D eigenvalue weighted by molar-refractivity contribution is -0.133. The van der Waals surface area contributed by atoms with E-state index in [0.29, 0.717) is 24.7 Å². The third-order valence-corrected chi connectivity index (χ3v) is 3.06. The lowest BCUT2D eigenvalue weighted by atomic mass is 10.1. The summed E-state index contributed by atoms with van der Waals surface area (Å²) in [5.41, 5.74) is 0. The highest BCUT2D eigenvalue weighted by Gasteiger charge is 2.24. The van der Waals surface area contributed by atoms with Crippen molar-refractivity contribution >= 4 is 17.5 Å². The van der Waals surface area contributed by atoms with Gasteiger partial charge in [-0.1, -0.05) is 0 Å². The zero-order chi connectivity index (χ0) is 12.8. The minimum atomic E-state index is -0.00488. The number of ether oxygens (including phenoxy) is 1. The van der Waals surface area contributed by atoms with Crippen LogP contribution in [0.2, 0.25) is 0 Å². The zero-order valence-electron chi connectivity index (χ0n) is 10.1. The van der Waals surface area contributed by atoms with E-state index in [4.69, 9.17) is 16.3 Å². The SMILES string of the molecule is O=C(CCCl)N1CCCC(Oc2cccnn2)C1. The quantitative estimate of drug-likeness (QED) is 0.777. The summed E-state index contributed by atoms with van der Waals surface area (Å²) in [5, 5.41) is 7.64. The van der Waals surface area contributed by atoms with E-state index in [0.717, 1.165) is 19.4 Å². The number of piperidine rings is 1. The molecule has 1 amide bonds. The maximum absolute atomic E-state index is 11.8. The van der Waals surface area contributed by atoms with Crippen molar-refractivity contribution in [3.05, 3.63) is 18.3 Å². The van der Waals surface area contributed by atoms with Crippen LogP contribution in [0.3, 0.4) is 0 Å². The molecule has 0 bridgehead atoms. The first kappa shape index (κ1) is 13.1. The number of nitrogens with zero attached hydrogens (tertiary/aromatic N) is 3. The van der Waals surface area contributed by atoms with Crippen LogP contribution in [0.1, 0.15) is 19.3 Å². The van der Waals surface area contributed by atoms with E-state index >= 15 is 0 Å². The third kappa shape index (κ3) is 3.57. The summed E-state index contributed by atoms with van der Waals surface area (Å²) in [6, 6.07) is 3.55. The van der Waals surface area contributed by atoms with Gasteiger partial charge in [-0.05, 0) is 18.9 Å². The van der Waals surface area contributed by atoms with E-state index < -0.39 is 0 Å². The van der Waals surface area contributed by atoms with Crippen LogP contribution in [0.15, 0.2) is 18.3 Å². The molecule has 0 radical (unpaired) electrons. The standard InChI is InChI=1S/C12H16ClN3O2/c13-6-5-12(17)16-8-2-3-10(9-16)18-11-4-1-7-14-15-11/h1,4,7,10H,2-3,5-6,8-9H2. The van der Waals surface area contributed by atoms with Crippen molar-refractivity contribution in [3.63, 3.8) is 0 Å². The number of aromatic nitrogens is 2. The average molecular weight is 270 g/mol. The van der Waals surface area contributed by atoms with Crippen LogP contribution in [0, 0.1) is 0 Å². The number of carbonyl (C=O) groups excluding carboxylic acids is 1. The van der Waals surface area contributed by atoms with E-state index in [2.05, 4.69) is 10.2 Å². The fourth-order valence-corrected chi connectivity index (χ4v) is 2.18. The van der Waals surface area contributed by atoms with Gasteiger partial charge in [0.05, 0.1) is 6.54 Å². The van der Waals surface area contributed by atoms with E-state index in [9.17, 15) is 4.79 Å². The Morgan fingerprint density at radius 3 is 3.22 bits per heavy atom. The van der Waals surface area contributed by atoms with Crippen molar-refractivity contribution in [1.82, 2.24) is 15.1 Å². The number of hydrogen-bond donors (Lipinski definition) is 0. The number of carbonyl (C=O) groups is 1. The molecule has 18 heavy (non-hydrogen) atoms. The van der Waals surface area contributed by atoms with Gasteiger partial charge in [0.1, 0.15) is 6.10 Å². The van der Waals surface area contributed by atoms with Crippen LogP contribution in [0.4, 0.5) is 0 Å². The summed E-state index contributed by atoms with van der Waals surface area (Å²) in [6.07, 6.45) is 3.86. The summed E-state index contributed by atoms with van der Waals surface area (Å²) in [6.45, 7) is 1.39. The molecule has 2 rings (SSSR count). The van der Waals surface area contributed by atoms with Crippen LogP contribution in [0.5, 0.6) is 5.88 Å². The molecule has 0 N–H and O–H groups in total. The minimum Gasteiger partial charge on any atom is -0.471 e. The van der Waals surface area contributed by atoms with Crippen LogP contribution in [-0.2, 0) is 4.79 Å². The molecule has 1 aliphatic rings. The predicted molar refractivity (Wildman–Crippen MR) is 67.6 cm³/mol. The normalized spacial score (nSPS) is 19.6. The lowest BCUT2D eigenvalue weighted by Crippen LogP contribution is -2.44. The predicted octanol–water partition coefficient (Wildman–Crippen LogP) is 1.48. The molecule has 0 spiro atoms. The molecule has 1 aromatic rings. The Labute approximate surface area is 111 Å². The number of rotatable bonds is 4. The fourth-order valence-electron chi connectivity index (χ4n) is 2.02. The van der Waals surface area contributed by atoms with Gasteiger partial charge < -0.3 is 9.64 Å². The second kappa shape index (κ2) is 6.54. The van der Waals surface area contributed by atoms with Crippen molar-refractivity contribution in [2.75, 3.05) is 19.0 Å². The fraction of sp³-hybridized carbons (Fsp3) is 0.583. The molecule has 2 heterocycles. The molecule has 1 fully saturated rings. The lowest BCUT2D eigenvalue weighted by Gasteiger charge is -2.32. The Bertz CT molecular complexity index is 388. The molecule has 1 unspecified atom stereocenters. The molecular formula is C12H16ClN3O2. The number of likely N-dealkylation sites (tertiary alicyclic amines) is 1. The van der Waals surface area contributed by atoms with E-state index in [1.807, 2.05) is 4.90 Å². The molecule has 1 saturated heterocycles. The first-order chi connectivity index (χ1) is 8.79. The van der Waals surface area contributed by atoms with Crippen LogP contribution in [-0.4, -0.2) is 46.1 Å². The van der Waals surface area contributed by atoms with Gasteiger partial charge in [-0.3, -0.25) is 4.79 Å². The number of alkyl halides is 1. The second-order valence-corrected chi connectivity index (χ2v) is 4.60. The molecule has 98 valence electrons. The van der Waals surface area contributed by atoms with Gasteiger partial charge in [-0.15, -0.1) is 16.7 Å². The van der Waals surface area contributed by atoms with Crippen molar-refractivity contribution in [2.45, 2.75) is 25.4 Å². The molecule has 6 heteroatoms. The topological polar surface area (TPSA) is 55.3 Å². The maximum Gasteiger partial charge on any atom is 0.233 e. The van der Waals surface area contributed by atoms with Crippen LogP contribution < -0.4 is 4.74 Å². The third-order valence-electron chi connectivity index (χ3n) is 2.87. The highest BCUT2D eigenvalue weighted by Crippen LogP contribution is 2.16. The Morgan fingerprint density at radius 2 is 2.50 bits per heavy atom. The van der Waals surface area contributed by atoms with Gasteiger partial charge in [0.15, 0.2) is 0 Å². The highest BCUT2D eigenvalue weighted by atomic mass is 35.5. The van der Waals surface area contributed by atoms with E-state index in [-0.39, 0.29) is 12.0 Å².